The number of carbonyl (C=O) groups excluding carboxylic acids is 1. The van der Waals surface area contributed by atoms with Crippen molar-refractivity contribution < 1.29 is 14.3 Å². The molecule has 3 heterocycles. The van der Waals surface area contributed by atoms with Crippen LogP contribution in [-0.2, 0) is 9.47 Å². The third-order valence-electron chi connectivity index (χ3n) is 5.34. The molecule has 2 saturated heterocycles. The topological polar surface area (TPSA) is 76.6 Å². The molecule has 2 fully saturated rings. The second kappa shape index (κ2) is 7.48. The summed E-state index contributed by atoms with van der Waals surface area (Å²) < 4.78 is 11.5. The van der Waals surface area contributed by atoms with Gasteiger partial charge in [0.1, 0.15) is 5.69 Å². The Hall–Kier alpha value is -2.51. The highest BCUT2D eigenvalue weighted by atomic mass is 16.7. The molecule has 148 valence electrons. The summed E-state index contributed by atoms with van der Waals surface area (Å²) in [5, 5.41) is 3.26. The zero-order valence-corrected chi connectivity index (χ0v) is 16.6. The molecule has 28 heavy (non-hydrogen) atoms. The number of aromatic nitrogens is 2. The summed E-state index contributed by atoms with van der Waals surface area (Å²) in [7, 11) is 0. The van der Waals surface area contributed by atoms with Crippen LogP contribution in [0.4, 0.5) is 11.6 Å². The maximum atomic E-state index is 13.0. The van der Waals surface area contributed by atoms with E-state index >= 15 is 0 Å². The molecule has 0 bridgehead atoms. The van der Waals surface area contributed by atoms with Crippen LogP contribution in [0.2, 0.25) is 0 Å². The molecular formula is C21H26N4O3. The average Bonchev–Trinajstić information content (AvgIpc) is 3.12. The van der Waals surface area contributed by atoms with Crippen molar-refractivity contribution in [3.63, 3.8) is 0 Å². The number of benzene rings is 1. The number of aryl methyl sites for hydroxylation is 3. The summed E-state index contributed by atoms with van der Waals surface area (Å²) in [6.45, 7) is 8.40. The first-order valence-corrected chi connectivity index (χ1v) is 9.71. The number of piperidine rings is 1. The Morgan fingerprint density at radius 1 is 1.07 bits per heavy atom. The fourth-order valence-corrected chi connectivity index (χ4v) is 3.72. The molecule has 7 nitrogen and oxygen atoms in total. The largest absolute Gasteiger partial charge is 0.347 e. The van der Waals surface area contributed by atoms with Crippen molar-refractivity contribution in [1.29, 1.82) is 0 Å². The predicted octanol–water partition coefficient (Wildman–Crippen LogP) is 3.12. The van der Waals surface area contributed by atoms with Gasteiger partial charge in [0.2, 0.25) is 5.95 Å². The van der Waals surface area contributed by atoms with Gasteiger partial charge in [-0.2, -0.15) is 0 Å². The van der Waals surface area contributed by atoms with Gasteiger partial charge in [0.15, 0.2) is 5.79 Å². The van der Waals surface area contributed by atoms with Crippen LogP contribution in [0.5, 0.6) is 0 Å². The third kappa shape index (κ3) is 3.86. The van der Waals surface area contributed by atoms with Gasteiger partial charge in [0, 0.05) is 37.3 Å². The van der Waals surface area contributed by atoms with Crippen molar-refractivity contribution >= 4 is 17.5 Å². The molecule has 7 heteroatoms. The molecule has 0 radical (unpaired) electrons. The summed E-state index contributed by atoms with van der Waals surface area (Å²) in [5.74, 6) is -0.135. The minimum atomic E-state index is -0.492. The molecule has 1 N–H and O–H groups in total. The molecule has 1 aromatic carbocycles. The normalized spacial score (nSPS) is 18.5. The van der Waals surface area contributed by atoms with E-state index in [2.05, 4.69) is 27.4 Å². The van der Waals surface area contributed by atoms with Crippen molar-refractivity contribution in [2.75, 3.05) is 31.6 Å². The summed E-state index contributed by atoms with van der Waals surface area (Å²) in [6.07, 6.45) is 1.38. The fraction of sp³-hybridized carbons (Fsp3) is 0.476. The molecule has 4 rings (SSSR count). The number of ether oxygens (including phenoxy) is 2. The van der Waals surface area contributed by atoms with Crippen molar-refractivity contribution in [3.05, 3.63) is 46.8 Å². The Kier molecular flexibility index (Phi) is 5.03. The van der Waals surface area contributed by atoms with Crippen molar-refractivity contribution in [2.45, 2.75) is 39.4 Å². The highest BCUT2D eigenvalue weighted by Gasteiger charge is 2.41. The lowest BCUT2D eigenvalue weighted by atomic mass is 10.0. The maximum absolute atomic E-state index is 13.0. The minimum Gasteiger partial charge on any atom is -0.347 e. The molecule has 0 aliphatic carbocycles. The molecule has 0 saturated carbocycles. The van der Waals surface area contributed by atoms with Gasteiger partial charge in [0.25, 0.3) is 5.91 Å². The van der Waals surface area contributed by atoms with E-state index in [1.807, 2.05) is 31.7 Å². The minimum absolute atomic E-state index is 0.0811. The zero-order chi connectivity index (χ0) is 19.7. The van der Waals surface area contributed by atoms with E-state index in [0.717, 1.165) is 22.5 Å². The van der Waals surface area contributed by atoms with Crippen LogP contribution >= 0.6 is 0 Å². The lowest BCUT2D eigenvalue weighted by Crippen LogP contribution is -2.47. The molecule has 2 aliphatic heterocycles. The van der Waals surface area contributed by atoms with Crippen LogP contribution in [0.3, 0.4) is 0 Å². The first kappa shape index (κ1) is 18.8. The number of amides is 1. The van der Waals surface area contributed by atoms with Crippen LogP contribution < -0.4 is 5.32 Å². The molecule has 0 unspecified atom stereocenters. The number of rotatable bonds is 3. The van der Waals surface area contributed by atoms with Crippen LogP contribution in [0, 0.1) is 20.8 Å². The highest BCUT2D eigenvalue weighted by molar-refractivity contribution is 5.92. The number of nitrogens with zero attached hydrogens (tertiary/aromatic N) is 3. The van der Waals surface area contributed by atoms with E-state index in [0.29, 0.717) is 50.8 Å². The van der Waals surface area contributed by atoms with Crippen molar-refractivity contribution in [1.82, 2.24) is 14.9 Å². The lowest BCUT2D eigenvalue weighted by molar-refractivity contribution is -0.181. The standard InChI is InChI=1S/C21H26N4O3/c1-14-4-5-15(2)17(12-14)23-20-22-16(3)13-18(24-20)19(26)25-8-6-21(7-9-25)27-10-11-28-21/h4-5,12-13H,6-11H2,1-3H3,(H,22,23,24). The van der Waals surface area contributed by atoms with Crippen LogP contribution in [0.15, 0.2) is 24.3 Å². The average molecular weight is 382 g/mol. The number of likely N-dealkylation sites (tertiary alicyclic amines) is 1. The van der Waals surface area contributed by atoms with Crippen molar-refractivity contribution in [2.24, 2.45) is 0 Å². The number of hydrogen-bond acceptors (Lipinski definition) is 6. The Balaban J connectivity index is 1.50. The zero-order valence-electron chi connectivity index (χ0n) is 16.6. The van der Waals surface area contributed by atoms with Gasteiger partial charge in [0.05, 0.1) is 13.2 Å². The van der Waals surface area contributed by atoms with Crippen LogP contribution in [0.1, 0.15) is 40.2 Å². The molecule has 1 aromatic heterocycles. The summed E-state index contributed by atoms with van der Waals surface area (Å²) >= 11 is 0. The predicted molar refractivity (Wildman–Crippen MR) is 106 cm³/mol. The fourth-order valence-electron chi connectivity index (χ4n) is 3.72. The van der Waals surface area contributed by atoms with Gasteiger partial charge >= 0.3 is 0 Å². The van der Waals surface area contributed by atoms with E-state index < -0.39 is 5.79 Å². The smallest absolute Gasteiger partial charge is 0.272 e. The van der Waals surface area contributed by atoms with E-state index in [4.69, 9.17) is 9.47 Å². The Morgan fingerprint density at radius 3 is 2.50 bits per heavy atom. The number of hydrogen-bond donors (Lipinski definition) is 1. The first-order valence-electron chi connectivity index (χ1n) is 9.71. The van der Waals surface area contributed by atoms with E-state index in [-0.39, 0.29) is 5.91 Å². The van der Waals surface area contributed by atoms with Gasteiger partial charge in [-0.05, 0) is 44.0 Å². The monoisotopic (exact) mass is 382 g/mol. The van der Waals surface area contributed by atoms with Gasteiger partial charge < -0.3 is 19.7 Å². The molecule has 0 atom stereocenters. The molecular weight excluding hydrogens is 356 g/mol. The van der Waals surface area contributed by atoms with Gasteiger partial charge in [-0.25, -0.2) is 9.97 Å². The Bertz CT molecular complexity index is 883. The van der Waals surface area contributed by atoms with Crippen LogP contribution in [0.25, 0.3) is 0 Å². The molecule has 1 amide bonds. The third-order valence-corrected chi connectivity index (χ3v) is 5.34. The quantitative estimate of drug-likeness (QED) is 0.879. The molecule has 2 aliphatic rings. The molecule has 2 aromatic rings. The second-order valence-electron chi connectivity index (χ2n) is 7.56. The highest BCUT2D eigenvalue weighted by Crippen LogP contribution is 2.31. The maximum Gasteiger partial charge on any atom is 0.272 e. The van der Waals surface area contributed by atoms with Crippen LogP contribution in [-0.4, -0.2) is 52.9 Å². The molecule has 1 spiro atoms. The van der Waals surface area contributed by atoms with E-state index in [1.165, 1.54) is 0 Å². The Labute approximate surface area is 165 Å². The van der Waals surface area contributed by atoms with Gasteiger partial charge in [-0.3, -0.25) is 4.79 Å². The van der Waals surface area contributed by atoms with Gasteiger partial charge in [-0.1, -0.05) is 12.1 Å². The van der Waals surface area contributed by atoms with E-state index in [1.54, 1.807) is 6.07 Å². The van der Waals surface area contributed by atoms with E-state index in [9.17, 15) is 4.79 Å². The number of carbonyl (C=O) groups is 1. The SMILES string of the molecule is Cc1ccc(C)c(Nc2nc(C)cc(C(=O)N3CCC4(CC3)OCCO4)n2)c1. The lowest BCUT2D eigenvalue weighted by Gasteiger charge is -2.37. The second-order valence-corrected chi connectivity index (χ2v) is 7.56. The Morgan fingerprint density at radius 2 is 1.79 bits per heavy atom. The summed E-state index contributed by atoms with van der Waals surface area (Å²) in [4.78, 5) is 23.8. The first-order chi connectivity index (χ1) is 13.4. The van der Waals surface area contributed by atoms with Gasteiger partial charge in [-0.15, -0.1) is 0 Å². The van der Waals surface area contributed by atoms with Crippen molar-refractivity contribution in [3.8, 4) is 0 Å². The number of anilines is 2. The summed E-state index contributed by atoms with van der Waals surface area (Å²) in [5.41, 5.74) is 4.35. The number of nitrogens with one attached hydrogen (secondary N) is 1. The summed E-state index contributed by atoms with van der Waals surface area (Å²) in [6, 6.07) is 7.90.